The van der Waals surface area contributed by atoms with Crippen LogP contribution in [0, 0.1) is 5.82 Å². The summed E-state index contributed by atoms with van der Waals surface area (Å²) in [5, 5.41) is 0.721. The molecule has 0 unspecified atom stereocenters. The molecule has 0 bridgehead atoms. The van der Waals surface area contributed by atoms with Crippen LogP contribution in [0.4, 0.5) is 4.39 Å². The number of nitrogens with one attached hydrogen (secondary N) is 1. The van der Waals surface area contributed by atoms with E-state index in [1.54, 1.807) is 24.5 Å². The molecule has 0 aliphatic carbocycles. The lowest BCUT2D eigenvalue weighted by atomic mass is 10.1. The Hall–Kier alpha value is -3.98. The van der Waals surface area contributed by atoms with Crippen LogP contribution in [-0.4, -0.2) is 26.6 Å². The summed E-state index contributed by atoms with van der Waals surface area (Å²) in [6.07, 6.45) is 4.51. The van der Waals surface area contributed by atoms with Gasteiger partial charge in [-0.05, 0) is 24.3 Å². The van der Waals surface area contributed by atoms with E-state index < -0.39 is 17.1 Å². The van der Waals surface area contributed by atoms with Crippen LogP contribution in [0.15, 0.2) is 62.9 Å². The highest BCUT2D eigenvalue weighted by molar-refractivity contribution is 6.33. The molecule has 1 N–H and O–H groups in total. The number of H-pyrrole nitrogens is 1. The Labute approximate surface area is 191 Å². The third kappa shape index (κ3) is 3.76. The van der Waals surface area contributed by atoms with Gasteiger partial charge in [0.1, 0.15) is 5.76 Å². The van der Waals surface area contributed by atoms with Crippen LogP contribution in [0.1, 0.15) is 13.8 Å². The average molecular weight is 469 g/mol. The van der Waals surface area contributed by atoms with Crippen LogP contribution >= 0.6 is 11.6 Å². The number of furan rings is 1. The molecule has 33 heavy (non-hydrogen) atoms. The van der Waals surface area contributed by atoms with E-state index in [1.807, 2.05) is 13.8 Å². The minimum atomic E-state index is -0.699. The fourth-order valence-electron chi connectivity index (χ4n) is 3.38. The molecule has 168 valence electrons. The minimum Gasteiger partial charge on any atom is -0.494 e. The second kappa shape index (κ2) is 8.87. The van der Waals surface area contributed by atoms with Crippen molar-refractivity contribution >= 4 is 33.6 Å². The molecule has 0 fully saturated rings. The standard InChI is InChI=1S/C21H12ClFN4O4.C2H6/c1-30-17-5-11(12(22)6-13(17)23)16-7-14-19(31-16)20(28)27(21(29)26-14)15-9-24-8-10-3-2-4-25-18(10)15;1-2/h2-9H,1H3,(H,26,29);1-2H3. The maximum absolute atomic E-state index is 13.9. The molecule has 0 aliphatic rings. The third-order valence-corrected chi connectivity index (χ3v) is 5.13. The first-order valence-electron chi connectivity index (χ1n) is 9.99. The molecule has 0 atom stereocenters. The first kappa shape index (κ1) is 22.2. The molecule has 0 radical (unpaired) electrons. The van der Waals surface area contributed by atoms with E-state index in [2.05, 4.69) is 15.0 Å². The molecule has 0 saturated carbocycles. The van der Waals surface area contributed by atoms with Gasteiger partial charge in [-0.15, -0.1) is 0 Å². The number of aromatic amines is 1. The summed E-state index contributed by atoms with van der Waals surface area (Å²) in [6, 6.07) is 7.37. The van der Waals surface area contributed by atoms with Crippen molar-refractivity contribution < 1.29 is 13.5 Å². The summed E-state index contributed by atoms with van der Waals surface area (Å²) < 4.78 is 25.5. The normalized spacial score (nSPS) is 10.8. The monoisotopic (exact) mass is 468 g/mol. The molecule has 4 heterocycles. The van der Waals surface area contributed by atoms with Gasteiger partial charge in [-0.2, -0.15) is 0 Å². The van der Waals surface area contributed by atoms with Crippen molar-refractivity contribution in [2.75, 3.05) is 7.11 Å². The molecule has 0 saturated heterocycles. The van der Waals surface area contributed by atoms with Crippen molar-refractivity contribution in [2.24, 2.45) is 0 Å². The van der Waals surface area contributed by atoms with Gasteiger partial charge in [0.25, 0.3) is 0 Å². The Bertz CT molecular complexity index is 1600. The van der Waals surface area contributed by atoms with E-state index in [0.717, 1.165) is 10.6 Å². The van der Waals surface area contributed by atoms with Crippen LogP contribution in [0.5, 0.6) is 5.75 Å². The SMILES string of the molecule is CC.COc1cc(-c2cc3[nH]c(=O)n(-c4cncc5cccnc45)c(=O)c3o2)c(Cl)cc1F. The molecule has 0 spiro atoms. The quantitative estimate of drug-likeness (QED) is 0.411. The lowest BCUT2D eigenvalue weighted by Crippen LogP contribution is -2.33. The van der Waals surface area contributed by atoms with Gasteiger partial charge in [-0.3, -0.25) is 14.8 Å². The van der Waals surface area contributed by atoms with Gasteiger partial charge < -0.3 is 14.1 Å². The summed E-state index contributed by atoms with van der Waals surface area (Å²) in [5.74, 6) is -0.518. The highest BCUT2D eigenvalue weighted by Crippen LogP contribution is 2.35. The number of pyridine rings is 2. The summed E-state index contributed by atoms with van der Waals surface area (Å²) in [6.45, 7) is 4.00. The summed E-state index contributed by atoms with van der Waals surface area (Å²) >= 11 is 6.16. The number of halogens is 2. The number of hydrogen-bond donors (Lipinski definition) is 1. The summed E-state index contributed by atoms with van der Waals surface area (Å²) in [7, 11) is 1.32. The molecular formula is C23H18ClFN4O4. The van der Waals surface area contributed by atoms with Gasteiger partial charge >= 0.3 is 11.2 Å². The number of rotatable bonds is 3. The zero-order chi connectivity index (χ0) is 23.7. The van der Waals surface area contributed by atoms with E-state index in [1.165, 1.54) is 25.4 Å². The molecule has 0 aliphatic heterocycles. The number of fused-ring (bicyclic) bond motifs is 2. The van der Waals surface area contributed by atoms with Gasteiger partial charge in [0.15, 0.2) is 11.6 Å². The molecule has 10 heteroatoms. The number of hydrogen-bond acceptors (Lipinski definition) is 6. The van der Waals surface area contributed by atoms with Crippen LogP contribution in [0.2, 0.25) is 5.02 Å². The number of benzene rings is 1. The highest BCUT2D eigenvalue weighted by Gasteiger charge is 2.19. The van der Waals surface area contributed by atoms with E-state index >= 15 is 0 Å². The van der Waals surface area contributed by atoms with Crippen LogP contribution in [0.3, 0.4) is 0 Å². The number of ether oxygens (including phenoxy) is 1. The van der Waals surface area contributed by atoms with Gasteiger partial charge in [0.05, 0.1) is 35.1 Å². The number of nitrogens with zero attached hydrogens (tertiary/aromatic N) is 3. The zero-order valence-corrected chi connectivity index (χ0v) is 18.6. The van der Waals surface area contributed by atoms with Crippen molar-refractivity contribution in [3.63, 3.8) is 0 Å². The zero-order valence-electron chi connectivity index (χ0n) is 17.8. The minimum absolute atomic E-state index is 0.0429. The maximum atomic E-state index is 13.9. The molecular weight excluding hydrogens is 451 g/mol. The largest absolute Gasteiger partial charge is 0.494 e. The van der Waals surface area contributed by atoms with Gasteiger partial charge in [0, 0.05) is 29.4 Å². The Kier molecular flexibility index (Phi) is 5.97. The highest BCUT2D eigenvalue weighted by atomic mass is 35.5. The Morgan fingerprint density at radius 3 is 2.73 bits per heavy atom. The van der Waals surface area contributed by atoms with E-state index in [-0.39, 0.29) is 33.3 Å². The van der Waals surface area contributed by atoms with E-state index in [0.29, 0.717) is 16.5 Å². The third-order valence-electron chi connectivity index (χ3n) is 4.81. The van der Waals surface area contributed by atoms with Crippen molar-refractivity contribution in [3.8, 4) is 22.8 Å². The predicted molar refractivity (Wildman–Crippen MR) is 124 cm³/mol. The Balaban J connectivity index is 0.00000126. The second-order valence-corrected chi connectivity index (χ2v) is 7.03. The second-order valence-electron chi connectivity index (χ2n) is 6.62. The molecule has 5 rings (SSSR count). The molecule has 5 aromatic rings. The molecule has 4 aromatic heterocycles. The first-order valence-corrected chi connectivity index (χ1v) is 10.4. The molecule has 1 aromatic carbocycles. The lowest BCUT2D eigenvalue weighted by Gasteiger charge is -2.06. The van der Waals surface area contributed by atoms with Gasteiger partial charge in [-0.25, -0.2) is 13.8 Å². The van der Waals surface area contributed by atoms with Crippen molar-refractivity contribution in [1.29, 1.82) is 0 Å². The van der Waals surface area contributed by atoms with E-state index in [9.17, 15) is 14.0 Å². The Morgan fingerprint density at radius 2 is 1.97 bits per heavy atom. The van der Waals surface area contributed by atoms with Crippen LogP contribution in [0.25, 0.3) is 39.0 Å². The predicted octanol–water partition coefficient (Wildman–Crippen LogP) is 4.71. The Morgan fingerprint density at radius 1 is 1.18 bits per heavy atom. The number of methoxy groups -OCH3 is 1. The van der Waals surface area contributed by atoms with Crippen LogP contribution in [-0.2, 0) is 0 Å². The van der Waals surface area contributed by atoms with Crippen molar-refractivity contribution in [1.82, 2.24) is 19.5 Å². The maximum Gasteiger partial charge on any atom is 0.333 e. The molecule has 8 nitrogen and oxygen atoms in total. The topological polar surface area (TPSA) is 103 Å². The molecule has 0 amide bonds. The van der Waals surface area contributed by atoms with Crippen LogP contribution < -0.4 is 16.0 Å². The first-order chi connectivity index (χ1) is 16.0. The van der Waals surface area contributed by atoms with Crippen molar-refractivity contribution in [2.45, 2.75) is 13.8 Å². The lowest BCUT2D eigenvalue weighted by molar-refractivity contribution is 0.386. The summed E-state index contributed by atoms with van der Waals surface area (Å²) in [4.78, 5) is 36.9. The summed E-state index contributed by atoms with van der Waals surface area (Å²) in [5.41, 5.74) is -0.379. The number of aromatic nitrogens is 4. The van der Waals surface area contributed by atoms with Crippen molar-refractivity contribution in [3.05, 3.63) is 80.6 Å². The van der Waals surface area contributed by atoms with Gasteiger partial charge in [-0.1, -0.05) is 25.4 Å². The van der Waals surface area contributed by atoms with Gasteiger partial charge in [0.2, 0.25) is 5.58 Å². The fraction of sp³-hybridized carbons (Fsp3) is 0.130. The van der Waals surface area contributed by atoms with E-state index in [4.69, 9.17) is 20.8 Å². The smallest absolute Gasteiger partial charge is 0.333 e. The average Bonchev–Trinajstić information content (AvgIpc) is 3.24. The fourth-order valence-corrected chi connectivity index (χ4v) is 3.63.